The molecule has 0 aliphatic carbocycles. The Hall–Kier alpha value is -2.70. The molecule has 0 fully saturated rings. The molecule has 0 atom stereocenters. The largest absolute Gasteiger partial charge is 0.356 e. The summed E-state index contributed by atoms with van der Waals surface area (Å²) < 4.78 is 0. The summed E-state index contributed by atoms with van der Waals surface area (Å²) in [6.07, 6.45) is 1.77. The van der Waals surface area contributed by atoms with Crippen molar-refractivity contribution in [2.45, 2.75) is 26.7 Å². The summed E-state index contributed by atoms with van der Waals surface area (Å²) in [4.78, 5) is 21.7. The molecule has 7 heteroatoms. The summed E-state index contributed by atoms with van der Waals surface area (Å²) in [5, 5.41) is 10.1. The average molecular weight is 439 g/mol. The SMILES string of the molecule is Cc1cc(NC2=NCCCN2)c(C)cc1Cc1nc(C(=O)c2ccc(Cl)cc2)cs1. The van der Waals surface area contributed by atoms with Crippen LogP contribution in [-0.2, 0) is 6.42 Å². The lowest BCUT2D eigenvalue weighted by Crippen LogP contribution is -2.35. The quantitative estimate of drug-likeness (QED) is 0.550. The highest BCUT2D eigenvalue weighted by molar-refractivity contribution is 7.09. The molecule has 1 aliphatic heterocycles. The van der Waals surface area contributed by atoms with Gasteiger partial charge in [-0.25, -0.2) is 4.98 Å². The Kier molecular flexibility index (Phi) is 6.16. The van der Waals surface area contributed by atoms with Gasteiger partial charge in [-0.15, -0.1) is 11.3 Å². The molecule has 0 radical (unpaired) electrons. The Balaban J connectivity index is 1.49. The molecule has 1 aliphatic rings. The third kappa shape index (κ3) is 4.71. The Morgan fingerprint density at radius 2 is 2.00 bits per heavy atom. The number of nitrogens with one attached hydrogen (secondary N) is 2. The Morgan fingerprint density at radius 1 is 1.20 bits per heavy atom. The normalized spacial score (nSPS) is 13.5. The first-order valence-electron chi connectivity index (χ1n) is 9.90. The maximum Gasteiger partial charge on any atom is 0.212 e. The minimum absolute atomic E-state index is 0.0811. The first kappa shape index (κ1) is 20.6. The van der Waals surface area contributed by atoms with Crippen LogP contribution in [0.5, 0.6) is 0 Å². The van der Waals surface area contributed by atoms with Crippen molar-refractivity contribution in [3.05, 3.63) is 79.8 Å². The van der Waals surface area contributed by atoms with E-state index >= 15 is 0 Å². The van der Waals surface area contributed by atoms with Crippen molar-refractivity contribution in [2.75, 3.05) is 18.4 Å². The van der Waals surface area contributed by atoms with Gasteiger partial charge in [0.15, 0.2) is 5.96 Å². The fraction of sp³-hybridized carbons (Fsp3) is 0.261. The van der Waals surface area contributed by atoms with E-state index in [2.05, 4.69) is 46.6 Å². The van der Waals surface area contributed by atoms with Crippen molar-refractivity contribution in [1.82, 2.24) is 10.3 Å². The molecule has 0 amide bonds. The van der Waals surface area contributed by atoms with Gasteiger partial charge in [-0.2, -0.15) is 0 Å². The first-order chi connectivity index (χ1) is 14.5. The third-order valence-corrected chi connectivity index (χ3v) is 6.17. The number of rotatable bonds is 5. The van der Waals surface area contributed by atoms with Crippen LogP contribution in [0.3, 0.4) is 0 Å². The monoisotopic (exact) mass is 438 g/mol. The van der Waals surface area contributed by atoms with Crippen LogP contribution in [0.15, 0.2) is 46.8 Å². The van der Waals surface area contributed by atoms with Crippen LogP contribution in [0.1, 0.15) is 44.2 Å². The Labute approximate surface area is 185 Å². The number of ketones is 1. The zero-order chi connectivity index (χ0) is 21.1. The predicted molar refractivity (Wildman–Crippen MR) is 124 cm³/mol. The molecule has 0 spiro atoms. The number of hydrogen-bond acceptors (Lipinski definition) is 6. The molecule has 30 heavy (non-hydrogen) atoms. The number of guanidine groups is 1. The maximum absolute atomic E-state index is 12.7. The van der Waals surface area contributed by atoms with Crippen LogP contribution in [0.25, 0.3) is 0 Å². The molecule has 2 aromatic carbocycles. The molecular weight excluding hydrogens is 416 g/mol. The number of aliphatic imine (C=N–C) groups is 1. The second-order valence-electron chi connectivity index (χ2n) is 7.37. The number of aryl methyl sites for hydroxylation is 2. The van der Waals surface area contributed by atoms with E-state index < -0.39 is 0 Å². The highest BCUT2D eigenvalue weighted by Gasteiger charge is 2.15. The molecule has 2 N–H and O–H groups in total. The second kappa shape index (κ2) is 8.98. The lowest BCUT2D eigenvalue weighted by molar-refractivity contribution is 0.103. The fourth-order valence-electron chi connectivity index (χ4n) is 3.35. The van der Waals surface area contributed by atoms with Gasteiger partial charge < -0.3 is 10.6 Å². The minimum atomic E-state index is -0.0811. The predicted octanol–water partition coefficient (Wildman–Crippen LogP) is 5.00. The molecule has 3 aromatic rings. The highest BCUT2D eigenvalue weighted by atomic mass is 35.5. The van der Waals surface area contributed by atoms with E-state index in [1.807, 2.05) is 5.38 Å². The van der Waals surface area contributed by atoms with Crippen molar-refractivity contribution in [1.29, 1.82) is 0 Å². The van der Waals surface area contributed by atoms with Gasteiger partial charge in [0.1, 0.15) is 5.69 Å². The molecule has 2 heterocycles. The molecule has 4 rings (SSSR count). The molecule has 0 unspecified atom stereocenters. The van der Waals surface area contributed by atoms with Gasteiger partial charge in [0.25, 0.3) is 0 Å². The van der Waals surface area contributed by atoms with E-state index in [1.54, 1.807) is 24.3 Å². The third-order valence-electron chi connectivity index (χ3n) is 5.07. The average Bonchev–Trinajstić information content (AvgIpc) is 3.21. The van der Waals surface area contributed by atoms with E-state index in [0.29, 0.717) is 22.7 Å². The van der Waals surface area contributed by atoms with Gasteiger partial charge in [0, 0.05) is 41.2 Å². The number of carbonyl (C=O) groups is 1. The van der Waals surface area contributed by atoms with E-state index in [4.69, 9.17) is 11.6 Å². The van der Waals surface area contributed by atoms with E-state index in [0.717, 1.165) is 41.7 Å². The van der Waals surface area contributed by atoms with Gasteiger partial charge in [-0.3, -0.25) is 9.79 Å². The molecule has 0 saturated heterocycles. The maximum atomic E-state index is 12.7. The number of aromatic nitrogens is 1. The van der Waals surface area contributed by atoms with Crippen molar-refractivity contribution in [3.63, 3.8) is 0 Å². The number of anilines is 1. The van der Waals surface area contributed by atoms with Crippen LogP contribution in [0.4, 0.5) is 5.69 Å². The fourth-order valence-corrected chi connectivity index (χ4v) is 4.28. The summed E-state index contributed by atoms with van der Waals surface area (Å²) in [7, 11) is 0. The second-order valence-corrected chi connectivity index (χ2v) is 8.75. The van der Waals surface area contributed by atoms with E-state index in [1.165, 1.54) is 22.5 Å². The van der Waals surface area contributed by atoms with Crippen molar-refractivity contribution < 1.29 is 4.79 Å². The van der Waals surface area contributed by atoms with Gasteiger partial charge in [0.05, 0.1) is 5.01 Å². The zero-order valence-electron chi connectivity index (χ0n) is 17.0. The van der Waals surface area contributed by atoms with Crippen molar-refractivity contribution in [3.8, 4) is 0 Å². The first-order valence-corrected chi connectivity index (χ1v) is 11.2. The van der Waals surface area contributed by atoms with Gasteiger partial charge in [-0.05, 0) is 67.3 Å². The topological polar surface area (TPSA) is 66.4 Å². The Morgan fingerprint density at radius 3 is 2.73 bits per heavy atom. The van der Waals surface area contributed by atoms with E-state index in [-0.39, 0.29) is 5.78 Å². The van der Waals surface area contributed by atoms with Crippen LogP contribution in [0.2, 0.25) is 5.02 Å². The summed E-state index contributed by atoms with van der Waals surface area (Å²) in [5.74, 6) is 0.754. The number of carbonyl (C=O) groups excluding carboxylic acids is 1. The van der Waals surface area contributed by atoms with Gasteiger partial charge in [0.2, 0.25) is 5.78 Å². The van der Waals surface area contributed by atoms with Crippen LogP contribution >= 0.6 is 22.9 Å². The van der Waals surface area contributed by atoms with Crippen molar-refractivity contribution >= 4 is 40.4 Å². The van der Waals surface area contributed by atoms with Crippen LogP contribution < -0.4 is 10.6 Å². The number of benzene rings is 2. The zero-order valence-corrected chi connectivity index (χ0v) is 18.5. The van der Waals surface area contributed by atoms with Crippen LogP contribution in [-0.4, -0.2) is 29.8 Å². The number of nitrogens with zero attached hydrogens (tertiary/aromatic N) is 2. The summed E-state index contributed by atoms with van der Waals surface area (Å²) in [6, 6.07) is 11.2. The number of thiazole rings is 1. The molecule has 5 nitrogen and oxygen atoms in total. The number of halogens is 1. The lowest BCUT2D eigenvalue weighted by Gasteiger charge is -2.18. The molecular formula is C23H23ClN4OS. The van der Waals surface area contributed by atoms with Gasteiger partial charge in [-0.1, -0.05) is 17.7 Å². The lowest BCUT2D eigenvalue weighted by atomic mass is 10.0. The van der Waals surface area contributed by atoms with Gasteiger partial charge >= 0.3 is 0 Å². The van der Waals surface area contributed by atoms with Crippen LogP contribution in [0, 0.1) is 13.8 Å². The minimum Gasteiger partial charge on any atom is -0.356 e. The van der Waals surface area contributed by atoms with Crippen molar-refractivity contribution in [2.24, 2.45) is 4.99 Å². The molecule has 0 bridgehead atoms. The van der Waals surface area contributed by atoms with E-state index in [9.17, 15) is 4.79 Å². The molecule has 154 valence electrons. The summed E-state index contributed by atoms with van der Waals surface area (Å²) >= 11 is 7.43. The standard InChI is InChI=1S/C23H23ClN4OS/c1-14-11-19(28-23-25-8-3-9-26-23)15(2)10-17(14)12-21-27-20(13-30-21)22(29)16-4-6-18(24)7-5-16/h4-7,10-11,13H,3,8-9,12H2,1-2H3,(H2,25,26,28). The summed E-state index contributed by atoms with van der Waals surface area (Å²) in [6.45, 7) is 5.99. The highest BCUT2D eigenvalue weighted by Crippen LogP contribution is 2.25. The summed E-state index contributed by atoms with van der Waals surface area (Å²) in [5.41, 5.74) is 5.67. The molecule has 0 saturated carbocycles. The number of hydrogen-bond donors (Lipinski definition) is 2. The smallest absolute Gasteiger partial charge is 0.212 e. The Bertz CT molecular complexity index is 1100. The molecule has 1 aromatic heterocycles.